The molecule has 0 unspecified atom stereocenters. The predicted molar refractivity (Wildman–Crippen MR) is 75.9 cm³/mol. The molecular weight excluding hydrogens is 285 g/mol. The Morgan fingerprint density at radius 3 is 2.79 bits per heavy atom. The molecule has 1 rings (SSSR count). The number of hydrogen-bond acceptors (Lipinski definition) is 3. The summed E-state index contributed by atoms with van der Waals surface area (Å²) in [5, 5.41) is 9.84. The number of halogens is 2. The van der Waals surface area contributed by atoms with Crippen LogP contribution in [0.2, 0.25) is 10.0 Å². The first-order valence-electron chi connectivity index (χ1n) is 5.82. The van der Waals surface area contributed by atoms with Crippen molar-refractivity contribution in [2.45, 2.75) is 19.8 Å². The van der Waals surface area contributed by atoms with Crippen LogP contribution in [0.25, 0.3) is 6.08 Å². The van der Waals surface area contributed by atoms with Gasteiger partial charge in [-0.25, -0.2) is 4.79 Å². The second-order valence-electron chi connectivity index (χ2n) is 3.83. The van der Waals surface area contributed by atoms with Gasteiger partial charge in [-0.2, -0.15) is 5.26 Å². The summed E-state index contributed by atoms with van der Waals surface area (Å²) in [4.78, 5) is 11.6. The summed E-state index contributed by atoms with van der Waals surface area (Å²) in [7, 11) is 0. The first-order chi connectivity index (χ1) is 9.08. The van der Waals surface area contributed by atoms with Gasteiger partial charge in [0.2, 0.25) is 0 Å². The quantitative estimate of drug-likeness (QED) is 0.353. The van der Waals surface area contributed by atoms with Gasteiger partial charge in [-0.05, 0) is 30.2 Å². The third-order valence-corrected chi connectivity index (χ3v) is 2.90. The summed E-state index contributed by atoms with van der Waals surface area (Å²) in [5.74, 6) is -0.637. The van der Waals surface area contributed by atoms with E-state index >= 15 is 0 Å². The van der Waals surface area contributed by atoms with E-state index in [2.05, 4.69) is 0 Å². The Morgan fingerprint density at radius 1 is 1.47 bits per heavy atom. The first kappa shape index (κ1) is 15.6. The molecule has 0 saturated carbocycles. The van der Waals surface area contributed by atoms with Gasteiger partial charge >= 0.3 is 5.97 Å². The largest absolute Gasteiger partial charge is 0.462 e. The maximum absolute atomic E-state index is 11.6. The van der Waals surface area contributed by atoms with E-state index in [4.69, 9.17) is 33.2 Å². The molecule has 0 bridgehead atoms. The average Bonchev–Trinajstić information content (AvgIpc) is 2.38. The van der Waals surface area contributed by atoms with Crippen LogP contribution in [-0.2, 0) is 9.53 Å². The maximum atomic E-state index is 11.6. The van der Waals surface area contributed by atoms with E-state index in [-0.39, 0.29) is 5.57 Å². The lowest BCUT2D eigenvalue weighted by atomic mass is 10.1. The van der Waals surface area contributed by atoms with E-state index < -0.39 is 5.97 Å². The second-order valence-corrected chi connectivity index (χ2v) is 4.67. The molecule has 0 N–H and O–H groups in total. The number of hydrogen-bond donors (Lipinski definition) is 0. The average molecular weight is 298 g/mol. The van der Waals surface area contributed by atoms with Gasteiger partial charge in [0, 0.05) is 10.0 Å². The Balaban J connectivity index is 2.87. The summed E-state index contributed by atoms with van der Waals surface area (Å²) in [6.07, 6.45) is 3.08. The monoisotopic (exact) mass is 297 g/mol. The number of esters is 1. The molecule has 100 valence electrons. The van der Waals surface area contributed by atoms with Crippen LogP contribution in [0.3, 0.4) is 0 Å². The van der Waals surface area contributed by atoms with Crippen LogP contribution in [0.5, 0.6) is 0 Å². The lowest BCUT2D eigenvalue weighted by Crippen LogP contribution is -2.07. The summed E-state index contributed by atoms with van der Waals surface area (Å²) in [6, 6.07) is 6.64. The molecule has 0 heterocycles. The molecule has 0 atom stereocenters. The number of benzene rings is 1. The smallest absolute Gasteiger partial charge is 0.348 e. The number of unbranched alkanes of at least 4 members (excludes halogenated alkanes) is 1. The van der Waals surface area contributed by atoms with E-state index in [9.17, 15) is 4.79 Å². The van der Waals surface area contributed by atoms with Crippen LogP contribution in [0, 0.1) is 11.3 Å². The van der Waals surface area contributed by atoms with Gasteiger partial charge < -0.3 is 4.74 Å². The molecule has 19 heavy (non-hydrogen) atoms. The van der Waals surface area contributed by atoms with Crippen molar-refractivity contribution in [3.8, 4) is 6.07 Å². The van der Waals surface area contributed by atoms with Gasteiger partial charge in [0.1, 0.15) is 11.6 Å². The van der Waals surface area contributed by atoms with Crippen LogP contribution in [0.1, 0.15) is 25.3 Å². The van der Waals surface area contributed by atoms with Crippen LogP contribution in [0.15, 0.2) is 23.8 Å². The van der Waals surface area contributed by atoms with Gasteiger partial charge in [-0.3, -0.25) is 0 Å². The van der Waals surface area contributed by atoms with Gasteiger partial charge in [-0.15, -0.1) is 0 Å². The minimum Gasteiger partial charge on any atom is -0.462 e. The van der Waals surface area contributed by atoms with Gasteiger partial charge in [0.05, 0.1) is 6.61 Å². The summed E-state index contributed by atoms with van der Waals surface area (Å²) >= 11 is 11.7. The fourth-order valence-corrected chi connectivity index (χ4v) is 1.76. The highest BCUT2D eigenvalue weighted by atomic mass is 35.5. The molecule has 3 nitrogen and oxygen atoms in total. The number of ether oxygens (including phenoxy) is 1. The fourth-order valence-electron chi connectivity index (χ4n) is 1.30. The summed E-state index contributed by atoms with van der Waals surface area (Å²) in [5.41, 5.74) is 0.468. The van der Waals surface area contributed by atoms with Crippen molar-refractivity contribution in [1.82, 2.24) is 0 Å². The van der Waals surface area contributed by atoms with E-state index in [1.807, 2.05) is 13.0 Å². The van der Waals surface area contributed by atoms with Crippen LogP contribution in [-0.4, -0.2) is 12.6 Å². The Kier molecular flexibility index (Phi) is 6.41. The van der Waals surface area contributed by atoms with Gasteiger partial charge in [-0.1, -0.05) is 42.6 Å². The number of carbonyl (C=O) groups is 1. The molecule has 0 aliphatic heterocycles. The summed E-state index contributed by atoms with van der Waals surface area (Å²) < 4.78 is 4.97. The zero-order valence-corrected chi connectivity index (χ0v) is 12.0. The van der Waals surface area contributed by atoms with Crippen LogP contribution >= 0.6 is 23.2 Å². The number of rotatable bonds is 5. The zero-order valence-electron chi connectivity index (χ0n) is 10.5. The first-order valence-corrected chi connectivity index (χ1v) is 6.58. The Hall–Kier alpha value is -1.50. The molecule has 0 amide bonds. The molecule has 5 heteroatoms. The van der Waals surface area contributed by atoms with Crippen LogP contribution < -0.4 is 0 Å². The Bertz CT molecular complexity index is 533. The minimum atomic E-state index is -0.637. The van der Waals surface area contributed by atoms with Crippen molar-refractivity contribution in [3.63, 3.8) is 0 Å². The lowest BCUT2D eigenvalue weighted by molar-refractivity contribution is -0.138. The minimum absolute atomic E-state index is 0.0830. The van der Waals surface area contributed by atoms with E-state index in [1.54, 1.807) is 18.2 Å². The predicted octanol–water partition coefficient (Wildman–Crippen LogP) is 4.24. The number of carbonyl (C=O) groups excluding carboxylic acids is 1. The Morgan fingerprint density at radius 2 is 2.21 bits per heavy atom. The van der Waals surface area contributed by atoms with Crippen LogP contribution in [0.4, 0.5) is 0 Å². The molecule has 0 aliphatic carbocycles. The second kappa shape index (κ2) is 7.83. The Labute approximate surface area is 122 Å². The zero-order chi connectivity index (χ0) is 14.3. The molecule has 1 aromatic rings. The number of nitriles is 1. The van der Waals surface area contributed by atoms with Crippen molar-refractivity contribution in [1.29, 1.82) is 5.26 Å². The van der Waals surface area contributed by atoms with Crippen molar-refractivity contribution in [2.75, 3.05) is 6.61 Å². The molecule has 0 aromatic heterocycles. The topological polar surface area (TPSA) is 50.1 Å². The van der Waals surface area contributed by atoms with E-state index in [0.717, 1.165) is 12.8 Å². The van der Waals surface area contributed by atoms with Crippen molar-refractivity contribution in [2.24, 2.45) is 0 Å². The molecule has 0 aliphatic rings. The standard InChI is InChI=1S/C14H13Cl2NO2/c1-2-3-6-19-14(18)11(9-17)7-10-4-5-12(15)8-13(10)16/h4-5,7-8H,2-3,6H2,1H3. The molecular formula is C14H13Cl2NO2. The highest BCUT2D eigenvalue weighted by Gasteiger charge is 2.11. The number of nitrogens with zero attached hydrogens (tertiary/aromatic N) is 1. The summed E-state index contributed by atoms with van der Waals surface area (Å²) in [6.45, 7) is 2.30. The molecule has 0 radical (unpaired) electrons. The normalized spacial score (nSPS) is 10.9. The third kappa shape index (κ3) is 4.94. The van der Waals surface area contributed by atoms with E-state index in [1.165, 1.54) is 6.08 Å². The highest BCUT2D eigenvalue weighted by molar-refractivity contribution is 6.35. The lowest BCUT2D eigenvalue weighted by Gasteiger charge is -2.03. The molecule has 0 saturated heterocycles. The van der Waals surface area contributed by atoms with Crippen molar-refractivity contribution >= 4 is 35.2 Å². The fraction of sp³-hybridized carbons (Fsp3) is 0.286. The maximum Gasteiger partial charge on any atom is 0.348 e. The van der Waals surface area contributed by atoms with E-state index in [0.29, 0.717) is 22.2 Å². The van der Waals surface area contributed by atoms with Crippen molar-refractivity contribution in [3.05, 3.63) is 39.4 Å². The molecule has 0 fully saturated rings. The highest BCUT2D eigenvalue weighted by Crippen LogP contribution is 2.23. The molecule has 0 spiro atoms. The SMILES string of the molecule is CCCCOC(=O)C(C#N)=Cc1ccc(Cl)cc1Cl. The van der Waals surface area contributed by atoms with Crippen molar-refractivity contribution < 1.29 is 9.53 Å². The third-order valence-electron chi connectivity index (χ3n) is 2.33. The van der Waals surface area contributed by atoms with Gasteiger partial charge in [0.15, 0.2) is 0 Å². The molecule has 1 aromatic carbocycles. The van der Waals surface area contributed by atoms with Gasteiger partial charge in [0.25, 0.3) is 0 Å².